The van der Waals surface area contributed by atoms with Crippen LogP contribution in [0.1, 0.15) is 24.8 Å². The summed E-state index contributed by atoms with van der Waals surface area (Å²) in [7, 11) is 0. The van der Waals surface area contributed by atoms with Crippen LogP contribution in [0, 0.1) is 13.8 Å². The van der Waals surface area contributed by atoms with E-state index in [9.17, 15) is 5.48 Å². The number of rotatable bonds is 6. The summed E-state index contributed by atoms with van der Waals surface area (Å²) in [6.45, 7) is 3.92. The Morgan fingerprint density at radius 3 is 1.17 bits per heavy atom. The van der Waals surface area contributed by atoms with Crippen molar-refractivity contribution in [1.82, 2.24) is 0 Å². The molecule has 0 N–H and O–H groups in total. The summed E-state index contributed by atoms with van der Waals surface area (Å²) in [6, 6.07) is 34.1. The van der Waals surface area contributed by atoms with Gasteiger partial charge in [0.25, 0.3) is 0 Å². The molecule has 10 aromatic carbocycles. The zero-order valence-corrected chi connectivity index (χ0v) is 31.3. The summed E-state index contributed by atoms with van der Waals surface area (Å²) in [4.78, 5) is 3.41. The van der Waals surface area contributed by atoms with Crippen LogP contribution in [0.3, 0.4) is 0 Å². The summed E-state index contributed by atoms with van der Waals surface area (Å²) in [6.07, 6.45) is 0. The van der Waals surface area contributed by atoms with Gasteiger partial charge in [0, 0.05) is 43.7 Å². The van der Waals surface area contributed by atoms with Gasteiger partial charge in [-0.15, -0.1) is 0 Å². The summed E-state index contributed by atoms with van der Waals surface area (Å²) in [5, 5.41) is 8.02. The molecule has 0 saturated carbocycles. The van der Waals surface area contributed by atoms with Crippen LogP contribution >= 0.6 is 0 Å². The molecule has 12 rings (SSSR count). The maximum Gasteiger partial charge on any atom is 0.159 e. The van der Waals surface area contributed by atoms with Crippen molar-refractivity contribution in [3.05, 3.63) is 193 Å². The van der Waals surface area contributed by atoms with E-state index in [1.807, 2.05) is 135 Å². The zero-order valence-electron chi connectivity index (χ0n) is 41.3. The second-order valence-corrected chi connectivity index (χ2v) is 14.6. The van der Waals surface area contributed by atoms with E-state index in [1.165, 1.54) is 0 Å². The molecule has 0 fully saturated rings. The summed E-state index contributed by atoms with van der Waals surface area (Å²) in [5.74, 6) is 0. The third kappa shape index (κ3) is 4.69. The molecule has 2 aromatic heterocycles. The molecule has 0 aliphatic rings. The molecule has 4 nitrogen and oxygen atoms in total. The molecule has 0 radical (unpaired) electrons. The first kappa shape index (κ1) is 24.2. The number of para-hydroxylation sites is 6. The monoisotopic (exact) mass is 754 g/mol. The molecule has 0 aliphatic carbocycles. The Bertz CT molecular complexity index is 3840. The zero-order chi connectivity index (χ0) is 47.2. The second-order valence-electron chi connectivity index (χ2n) is 14.6. The lowest BCUT2D eigenvalue weighted by atomic mass is 9.91. The van der Waals surface area contributed by atoms with Crippen molar-refractivity contribution >= 4 is 110 Å². The summed E-state index contributed by atoms with van der Waals surface area (Å²) in [5.41, 5.74) is 5.99. The van der Waals surface area contributed by atoms with Gasteiger partial charge in [-0.2, -0.15) is 0 Å². The van der Waals surface area contributed by atoms with Gasteiger partial charge in [-0.1, -0.05) is 133 Å². The maximum absolute atomic E-state index is 9.32. The lowest BCUT2D eigenvalue weighted by Crippen LogP contribution is -2.11. The molecule has 0 unspecified atom stereocenters. The van der Waals surface area contributed by atoms with E-state index in [0.717, 1.165) is 54.2 Å². The largest absolute Gasteiger partial charge is 0.454 e. The Morgan fingerprint density at radius 2 is 0.741 bits per heavy atom. The number of anilines is 6. The molecule has 58 heavy (non-hydrogen) atoms. The van der Waals surface area contributed by atoms with E-state index in [2.05, 4.69) is 0 Å². The molecule has 274 valence electrons. The third-order valence-corrected chi connectivity index (χ3v) is 11.4. The Kier molecular flexibility index (Phi) is 5.20. The number of aryl methyl sites for hydroxylation is 2. The molecule has 0 spiro atoms. The Labute approximate surface area is 348 Å². The van der Waals surface area contributed by atoms with Crippen LogP contribution in [-0.4, -0.2) is 0 Å². The van der Waals surface area contributed by atoms with E-state index in [1.54, 1.807) is 9.80 Å². The second kappa shape index (κ2) is 12.5. The van der Waals surface area contributed by atoms with Crippen LogP contribution in [-0.2, 0) is 0 Å². The first-order chi connectivity index (χ1) is 32.8. The van der Waals surface area contributed by atoms with Gasteiger partial charge in [-0.3, -0.25) is 0 Å². The minimum atomic E-state index is -0.513. The topological polar surface area (TPSA) is 32.8 Å². The quantitative estimate of drug-likeness (QED) is 0.158. The molecular formula is C54H36N2O2. The molecule has 0 saturated heterocycles. The fourth-order valence-corrected chi connectivity index (χ4v) is 8.86. The smallest absolute Gasteiger partial charge is 0.159 e. The van der Waals surface area contributed by atoms with Crippen LogP contribution in [0.2, 0.25) is 0 Å². The number of benzene rings is 10. The van der Waals surface area contributed by atoms with Gasteiger partial charge in [-0.05, 0) is 95.0 Å². The highest BCUT2D eigenvalue weighted by molar-refractivity contribution is 6.28. The number of hydrogen-bond donors (Lipinski definition) is 0. The predicted molar refractivity (Wildman–Crippen MR) is 244 cm³/mol. The minimum absolute atomic E-state index is 0.0575. The van der Waals surface area contributed by atoms with Crippen molar-refractivity contribution in [2.45, 2.75) is 13.8 Å². The van der Waals surface area contributed by atoms with Crippen LogP contribution < -0.4 is 9.80 Å². The van der Waals surface area contributed by atoms with Crippen molar-refractivity contribution in [2.24, 2.45) is 0 Å². The molecule has 0 amide bonds. The van der Waals surface area contributed by atoms with Crippen molar-refractivity contribution < 1.29 is 22.5 Å². The number of fused-ring (bicyclic) bond motifs is 6. The van der Waals surface area contributed by atoms with Crippen molar-refractivity contribution in [1.29, 1.82) is 0 Å². The Hall–Kier alpha value is -7.56. The average molecular weight is 755 g/mol. The fourth-order valence-electron chi connectivity index (χ4n) is 8.86. The van der Waals surface area contributed by atoms with Gasteiger partial charge < -0.3 is 18.6 Å². The van der Waals surface area contributed by atoms with Crippen LogP contribution in [0.4, 0.5) is 34.1 Å². The van der Waals surface area contributed by atoms with Crippen LogP contribution in [0.25, 0.3) is 76.2 Å². The van der Waals surface area contributed by atoms with Crippen molar-refractivity contribution in [2.75, 3.05) is 9.80 Å². The molecule has 12 aromatic rings. The van der Waals surface area contributed by atoms with Gasteiger partial charge >= 0.3 is 0 Å². The summed E-state index contributed by atoms with van der Waals surface area (Å²) >= 11 is 0. The Morgan fingerprint density at radius 1 is 0.362 bits per heavy atom. The first-order valence-electron chi connectivity index (χ1n) is 24.0. The van der Waals surface area contributed by atoms with Crippen molar-refractivity contribution in [3.8, 4) is 0 Å². The molecule has 4 heteroatoms. The fraction of sp³-hybridized carbons (Fsp3) is 0.0370. The maximum atomic E-state index is 9.32. The highest BCUT2D eigenvalue weighted by atomic mass is 16.3. The lowest BCUT2D eigenvalue weighted by molar-refractivity contribution is 0.665. The Balaban J connectivity index is 1.19. The van der Waals surface area contributed by atoms with E-state index < -0.39 is 60.4 Å². The number of hydrogen-bond acceptors (Lipinski definition) is 4. The van der Waals surface area contributed by atoms with Crippen LogP contribution in [0.5, 0.6) is 0 Å². The third-order valence-electron chi connectivity index (χ3n) is 11.4. The highest BCUT2D eigenvalue weighted by Crippen LogP contribution is 2.50. The molecule has 0 atom stereocenters. The number of nitrogens with zero attached hydrogens (tertiary/aromatic N) is 2. The van der Waals surface area contributed by atoms with E-state index >= 15 is 0 Å². The minimum Gasteiger partial charge on any atom is -0.454 e. The van der Waals surface area contributed by atoms with Gasteiger partial charge in [0.05, 0.1) is 36.5 Å². The number of furan rings is 2. The first-order valence-corrected chi connectivity index (χ1v) is 19.0. The van der Waals surface area contributed by atoms with E-state index in [4.69, 9.17) is 17.1 Å². The highest BCUT2D eigenvalue weighted by Gasteiger charge is 2.25. The van der Waals surface area contributed by atoms with Gasteiger partial charge in [0.15, 0.2) is 11.2 Å². The standard InChI is InChI=1S/C54H36N2O2/c1-33-13-9-19-39-41-21-11-23-47(53(41)57-51(33)39)55(37-15-5-3-6-16-37)45-31-27-35-26-30-44-46(32-28-36-25-29-43(45)49(35)50(36)44)56(38-17-7-4-8-18-38)48-24-12-22-42-40-20-10-14-34(2)52(40)58-54(42)48/h3-32H,1-2H3/i3D,4D,5D,6D,7D,8D,15D,16D,17D,18D. The normalized spacial score (nSPS) is 14.4. The van der Waals surface area contributed by atoms with Crippen molar-refractivity contribution in [3.63, 3.8) is 0 Å². The SMILES string of the molecule is [2H]c1c([2H])c([2H])c(N(c2ccc3ccc4c(N(c5c([2H])c([2H])c([2H])c([2H])c5[2H])c5cccc6c5oc5c(C)cccc56)ccc5ccc2c3c54)c2cccc3c2oc2c(C)cccc23)c([2H])c1[2H]. The molecule has 0 bridgehead atoms. The van der Waals surface area contributed by atoms with Gasteiger partial charge in [0.2, 0.25) is 0 Å². The summed E-state index contributed by atoms with van der Waals surface area (Å²) < 4.78 is 103. The lowest BCUT2D eigenvalue weighted by Gasteiger charge is -2.29. The molecule has 2 heterocycles. The van der Waals surface area contributed by atoms with Gasteiger partial charge in [0.1, 0.15) is 11.2 Å². The molecular weight excluding hydrogens is 709 g/mol. The average Bonchev–Trinajstić information content (AvgIpc) is 3.94. The molecule has 0 aliphatic heterocycles. The predicted octanol–water partition coefficient (Wildman–Crippen LogP) is 15.9. The van der Waals surface area contributed by atoms with Gasteiger partial charge in [-0.25, -0.2) is 0 Å². The van der Waals surface area contributed by atoms with E-state index in [-0.39, 0.29) is 11.4 Å². The van der Waals surface area contributed by atoms with Crippen LogP contribution in [0.15, 0.2) is 191 Å². The van der Waals surface area contributed by atoms with E-state index in [0.29, 0.717) is 55.9 Å².